The summed E-state index contributed by atoms with van der Waals surface area (Å²) in [5.41, 5.74) is 4.68. The van der Waals surface area contributed by atoms with E-state index in [1.54, 1.807) is 10.0 Å². The Labute approximate surface area is 139 Å². The smallest absolute Gasteiger partial charge is 0.321 e. The number of nitrogens with two attached hydrogens (primary N) is 1. The molecule has 0 radical (unpaired) electrons. The van der Waals surface area contributed by atoms with Crippen molar-refractivity contribution in [3.63, 3.8) is 0 Å². The summed E-state index contributed by atoms with van der Waals surface area (Å²) < 4.78 is 69.0. The highest BCUT2D eigenvalue weighted by atomic mass is 32.2. The summed E-state index contributed by atoms with van der Waals surface area (Å²) in [5, 5.41) is 1.62. The molecule has 9 nitrogen and oxygen atoms in total. The zero-order valence-corrected chi connectivity index (χ0v) is 13.3. The number of benzene rings is 1. The second-order valence-electron chi connectivity index (χ2n) is 4.48. The summed E-state index contributed by atoms with van der Waals surface area (Å²) in [6.07, 6.45) is -1.48. The number of imide groups is 1. The molecule has 4 N–H and O–H groups in total. The molecule has 0 saturated carbocycles. The molecule has 1 aromatic rings. The van der Waals surface area contributed by atoms with E-state index in [1.807, 2.05) is 0 Å². The molecule has 0 aliphatic carbocycles. The molecule has 3 amide bonds. The molecule has 0 aliphatic heterocycles. The lowest BCUT2D eigenvalue weighted by Gasteiger charge is -2.12. The van der Waals surface area contributed by atoms with Gasteiger partial charge in [-0.05, 0) is 19.1 Å². The lowest BCUT2D eigenvalue weighted by atomic mass is 10.3. The number of hydrogen-bond donors (Lipinski definition) is 3. The maximum absolute atomic E-state index is 13.5. The standard InChI is InChI=1S/C12H12F3N3O6S/c1-5(11(20)18-12(16)21)24-8(19)4-17-25(22,23)7-3-2-6(13)9(14)10(7)15/h2-3,5,17H,4H2,1H3,(H3,16,18,20,21)/t5-/m0/s1. The van der Waals surface area contributed by atoms with Crippen LogP contribution in [0.1, 0.15) is 6.92 Å². The van der Waals surface area contributed by atoms with E-state index in [2.05, 4.69) is 10.5 Å². The maximum Gasteiger partial charge on any atom is 0.321 e. The van der Waals surface area contributed by atoms with Gasteiger partial charge in [0, 0.05) is 0 Å². The number of carbonyl (C=O) groups excluding carboxylic acids is 3. The average Bonchev–Trinajstić information content (AvgIpc) is 2.49. The number of sulfonamides is 1. The van der Waals surface area contributed by atoms with E-state index in [0.29, 0.717) is 12.1 Å². The SMILES string of the molecule is C[C@H](OC(=O)CNS(=O)(=O)c1ccc(F)c(F)c1F)C(=O)NC(N)=O. The lowest BCUT2D eigenvalue weighted by Crippen LogP contribution is -2.43. The molecule has 0 fully saturated rings. The van der Waals surface area contributed by atoms with Crippen LogP contribution in [0, 0.1) is 17.5 Å². The van der Waals surface area contributed by atoms with Crippen LogP contribution in [0.15, 0.2) is 17.0 Å². The highest BCUT2D eigenvalue weighted by Gasteiger charge is 2.25. The van der Waals surface area contributed by atoms with Crippen LogP contribution >= 0.6 is 0 Å². The molecule has 1 aromatic carbocycles. The molecule has 25 heavy (non-hydrogen) atoms. The van der Waals surface area contributed by atoms with Gasteiger partial charge in [0.05, 0.1) is 0 Å². The number of esters is 1. The van der Waals surface area contributed by atoms with E-state index < -0.39 is 62.9 Å². The van der Waals surface area contributed by atoms with E-state index in [9.17, 15) is 36.0 Å². The fourth-order valence-electron chi connectivity index (χ4n) is 1.46. The van der Waals surface area contributed by atoms with Crippen LogP contribution in [0.2, 0.25) is 0 Å². The Bertz CT molecular complexity index is 815. The van der Waals surface area contributed by atoms with Crippen molar-refractivity contribution in [2.45, 2.75) is 17.9 Å². The molecule has 0 spiro atoms. The van der Waals surface area contributed by atoms with Crippen LogP contribution in [0.5, 0.6) is 0 Å². The number of halogens is 3. The summed E-state index contributed by atoms with van der Waals surface area (Å²) in [6.45, 7) is 0.0225. The first kappa shape index (κ1) is 20.4. The van der Waals surface area contributed by atoms with Gasteiger partial charge in [-0.1, -0.05) is 0 Å². The zero-order chi connectivity index (χ0) is 19.4. The van der Waals surface area contributed by atoms with E-state index in [0.717, 1.165) is 6.92 Å². The summed E-state index contributed by atoms with van der Waals surface area (Å²) in [5.74, 6) is -7.88. The number of primary amides is 1. The second-order valence-corrected chi connectivity index (χ2v) is 6.22. The number of hydrogen-bond acceptors (Lipinski definition) is 6. The molecule has 0 bridgehead atoms. The van der Waals surface area contributed by atoms with Crippen LogP contribution < -0.4 is 15.8 Å². The number of urea groups is 1. The third-order valence-corrected chi connectivity index (χ3v) is 4.04. The van der Waals surface area contributed by atoms with E-state index in [4.69, 9.17) is 0 Å². The highest BCUT2D eigenvalue weighted by Crippen LogP contribution is 2.19. The van der Waals surface area contributed by atoms with Crippen molar-refractivity contribution in [1.82, 2.24) is 10.0 Å². The van der Waals surface area contributed by atoms with Gasteiger partial charge >= 0.3 is 12.0 Å². The quantitative estimate of drug-likeness (QED) is 0.446. The van der Waals surface area contributed by atoms with Gasteiger partial charge in [0.25, 0.3) is 5.91 Å². The minimum Gasteiger partial charge on any atom is -0.452 e. The van der Waals surface area contributed by atoms with Crippen molar-refractivity contribution < 1.29 is 40.7 Å². The Morgan fingerprint density at radius 2 is 1.80 bits per heavy atom. The number of ether oxygens (including phenoxy) is 1. The summed E-state index contributed by atoms with van der Waals surface area (Å²) >= 11 is 0. The Morgan fingerprint density at radius 3 is 2.36 bits per heavy atom. The molecule has 0 unspecified atom stereocenters. The third-order valence-electron chi connectivity index (χ3n) is 2.62. The van der Waals surface area contributed by atoms with Crippen LogP contribution in [0.4, 0.5) is 18.0 Å². The topological polar surface area (TPSA) is 145 Å². The molecule has 13 heteroatoms. The Kier molecular flexibility index (Phi) is 6.47. The number of nitrogens with one attached hydrogen (secondary N) is 2. The van der Waals surface area contributed by atoms with Crippen LogP contribution in [-0.4, -0.2) is 39.0 Å². The fraction of sp³-hybridized carbons (Fsp3) is 0.250. The van der Waals surface area contributed by atoms with Gasteiger partial charge < -0.3 is 10.5 Å². The third kappa shape index (κ3) is 5.42. The van der Waals surface area contributed by atoms with Gasteiger partial charge in [-0.25, -0.2) is 26.4 Å². The van der Waals surface area contributed by atoms with Gasteiger partial charge in [-0.2, -0.15) is 4.72 Å². The van der Waals surface area contributed by atoms with Gasteiger partial charge in [0.1, 0.15) is 11.4 Å². The molecule has 1 atom stereocenters. The summed E-state index contributed by atoms with van der Waals surface area (Å²) in [6, 6.07) is -0.339. The molecular weight excluding hydrogens is 371 g/mol. The van der Waals surface area contributed by atoms with Crippen molar-refractivity contribution in [3.8, 4) is 0 Å². The highest BCUT2D eigenvalue weighted by molar-refractivity contribution is 7.89. The van der Waals surface area contributed by atoms with Crippen LogP contribution in [0.25, 0.3) is 0 Å². The van der Waals surface area contributed by atoms with Gasteiger partial charge in [-0.3, -0.25) is 14.9 Å². The van der Waals surface area contributed by atoms with Gasteiger partial charge in [-0.15, -0.1) is 0 Å². The van der Waals surface area contributed by atoms with Gasteiger partial charge in [0.15, 0.2) is 23.6 Å². The van der Waals surface area contributed by atoms with Crippen molar-refractivity contribution in [1.29, 1.82) is 0 Å². The van der Waals surface area contributed by atoms with E-state index in [1.165, 1.54) is 0 Å². The Balaban J connectivity index is 2.74. The molecule has 1 rings (SSSR count). The molecule has 138 valence electrons. The monoisotopic (exact) mass is 383 g/mol. The van der Waals surface area contributed by atoms with Crippen molar-refractivity contribution in [2.24, 2.45) is 5.73 Å². The minimum atomic E-state index is -4.71. The first-order valence-electron chi connectivity index (χ1n) is 6.38. The average molecular weight is 383 g/mol. The predicted octanol–water partition coefficient (Wildman–Crippen LogP) is -0.491. The predicted molar refractivity (Wildman–Crippen MR) is 74.8 cm³/mol. The maximum atomic E-state index is 13.5. The first-order valence-corrected chi connectivity index (χ1v) is 7.87. The molecule has 0 heterocycles. The normalized spacial score (nSPS) is 12.3. The number of rotatable bonds is 6. The zero-order valence-electron chi connectivity index (χ0n) is 12.5. The minimum absolute atomic E-state index is 0.390. The molecule has 0 saturated heterocycles. The summed E-state index contributed by atoms with van der Waals surface area (Å²) in [7, 11) is -4.71. The van der Waals surface area contributed by atoms with Crippen LogP contribution in [-0.2, 0) is 24.3 Å². The largest absolute Gasteiger partial charge is 0.452 e. The Hall–Kier alpha value is -2.67. The number of amides is 3. The van der Waals surface area contributed by atoms with E-state index in [-0.39, 0.29) is 0 Å². The molecule has 0 aliphatic rings. The van der Waals surface area contributed by atoms with Gasteiger partial charge in [0.2, 0.25) is 10.0 Å². The Morgan fingerprint density at radius 1 is 1.20 bits per heavy atom. The molecule has 0 aromatic heterocycles. The molecular formula is C12H12F3N3O6S. The van der Waals surface area contributed by atoms with Crippen molar-refractivity contribution in [2.75, 3.05) is 6.54 Å². The number of carbonyl (C=O) groups is 3. The van der Waals surface area contributed by atoms with Crippen LogP contribution in [0.3, 0.4) is 0 Å². The second kappa shape index (κ2) is 7.94. The van der Waals surface area contributed by atoms with Crippen molar-refractivity contribution >= 4 is 27.9 Å². The van der Waals surface area contributed by atoms with Crippen molar-refractivity contribution in [3.05, 3.63) is 29.6 Å². The lowest BCUT2D eigenvalue weighted by molar-refractivity contribution is -0.153. The first-order chi connectivity index (χ1) is 11.5. The van der Waals surface area contributed by atoms with E-state index >= 15 is 0 Å². The fourth-order valence-corrected chi connectivity index (χ4v) is 2.50. The summed E-state index contributed by atoms with van der Waals surface area (Å²) in [4.78, 5) is 32.0.